The second-order valence-corrected chi connectivity index (χ2v) is 9.13. The topological polar surface area (TPSA) is 102 Å². The number of halogens is 1. The number of amides is 1. The summed E-state index contributed by atoms with van der Waals surface area (Å²) in [6, 6.07) is 8.78. The molecule has 36 heavy (non-hydrogen) atoms. The Morgan fingerprint density at radius 3 is 2.67 bits per heavy atom. The summed E-state index contributed by atoms with van der Waals surface area (Å²) in [5.74, 6) is -0.393. The van der Waals surface area contributed by atoms with E-state index in [4.69, 9.17) is 0 Å². The summed E-state index contributed by atoms with van der Waals surface area (Å²) in [4.78, 5) is 33.5. The highest BCUT2D eigenvalue weighted by atomic mass is 19.1. The fraction of sp³-hybridized carbons (Fsp3) is 0.308. The molecule has 4 aromatic rings. The number of hydrogen-bond acceptors (Lipinski definition) is 7. The molecule has 5 rings (SSSR count). The van der Waals surface area contributed by atoms with Crippen LogP contribution in [0.5, 0.6) is 0 Å². The predicted octanol–water partition coefficient (Wildman–Crippen LogP) is 3.79. The molecule has 1 amide bonds. The first-order chi connectivity index (χ1) is 17.4. The van der Waals surface area contributed by atoms with Crippen molar-refractivity contribution in [1.82, 2.24) is 29.7 Å². The van der Waals surface area contributed by atoms with E-state index in [0.717, 1.165) is 48.2 Å². The summed E-state index contributed by atoms with van der Waals surface area (Å²) in [5.41, 5.74) is 4.17. The van der Waals surface area contributed by atoms with Crippen LogP contribution < -0.4 is 10.6 Å². The third-order valence-electron chi connectivity index (χ3n) is 6.67. The smallest absolute Gasteiger partial charge is 0.241 e. The van der Waals surface area contributed by atoms with Crippen molar-refractivity contribution < 1.29 is 9.18 Å². The number of hydrogen-bond donors (Lipinski definition) is 3. The zero-order valence-electron chi connectivity index (χ0n) is 20.5. The normalized spacial score (nSPS) is 15.7. The lowest BCUT2D eigenvalue weighted by Crippen LogP contribution is -2.51. The number of fused-ring (bicyclic) bond motifs is 1. The highest BCUT2D eigenvalue weighted by Crippen LogP contribution is 2.33. The van der Waals surface area contributed by atoms with Crippen molar-refractivity contribution in [2.24, 2.45) is 0 Å². The highest BCUT2D eigenvalue weighted by Gasteiger charge is 2.25. The summed E-state index contributed by atoms with van der Waals surface area (Å²) in [5, 5.41) is 6.92. The van der Waals surface area contributed by atoms with Gasteiger partial charge in [-0.15, -0.1) is 0 Å². The van der Waals surface area contributed by atoms with E-state index in [9.17, 15) is 9.18 Å². The lowest BCUT2D eigenvalue weighted by molar-refractivity contribution is -0.121. The fourth-order valence-electron chi connectivity index (χ4n) is 4.44. The molecule has 3 aromatic heterocycles. The van der Waals surface area contributed by atoms with E-state index in [1.807, 2.05) is 38.2 Å². The minimum atomic E-state index is -0.624. The van der Waals surface area contributed by atoms with Crippen molar-refractivity contribution in [3.8, 4) is 11.3 Å². The lowest BCUT2D eigenvalue weighted by Gasteiger charge is -2.35. The molecule has 186 valence electrons. The Morgan fingerprint density at radius 2 is 1.89 bits per heavy atom. The van der Waals surface area contributed by atoms with Crippen molar-refractivity contribution >= 4 is 34.1 Å². The van der Waals surface area contributed by atoms with Gasteiger partial charge in [0.1, 0.15) is 0 Å². The van der Waals surface area contributed by atoms with Crippen molar-refractivity contribution in [1.29, 1.82) is 0 Å². The van der Waals surface area contributed by atoms with Crippen LogP contribution in [0.4, 0.5) is 21.7 Å². The van der Waals surface area contributed by atoms with Crippen LogP contribution in [0.3, 0.4) is 0 Å². The van der Waals surface area contributed by atoms with E-state index in [1.165, 1.54) is 6.20 Å². The molecule has 0 bridgehead atoms. The monoisotopic (exact) mass is 488 g/mol. The highest BCUT2D eigenvalue weighted by molar-refractivity contribution is 6.06. The van der Waals surface area contributed by atoms with E-state index < -0.39 is 5.95 Å². The Morgan fingerprint density at radius 1 is 1.11 bits per heavy atom. The van der Waals surface area contributed by atoms with Gasteiger partial charge in [-0.05, 0) is 44.7 Å². The van der Waals surface area contributed by atoms with Crippen LogP contribution in [0.25, 0.3) is 22.2 Å². The molecule has 9 nitrogen and oxygen atoms in total. The van der Waals surface area contributed by atoms with Crippen molar-refractivity contribution in [2.75, 3.05) is 43.9 Å². The van der Waals surface area contributed by atoms with Crippen LogP contribution in [-0.4, -0.2) is 74.9 Å². The number of aromatic nitrogens is 4. The molecule has 4 heterocycles. The first-order valence-electron chi connectivity index (χ1n) is 12.0. The average Bonchev–Trinajstić information content (AvgIpc) is 3.31. The molecular formula is C26H29FN8O. The van der Waals surface area contributed by atoms with Crippen molar-refractivity contribution in [3.05, 3.63) is 60.4 Å². The Kier molecular flexibility index (Phi) is 6.62. The summed E-state index contributed by atoms with van der Waals surface area (Å²) in [7, 11) is 2.10. The zero-order valence-corrected chi connectivity index (χ0v) is 20.5. The van der Waals surface area contributed by atoms with Gasteiger partial charge in [0, 0.05) is 55.7 Å². The number of benzene rings is 1. The number of aryl methyl sites for hydroxylation is 1. The number of likely N-dealkylation sites (N-methyl/N-ethyl adjacent to an activating group) is 1. The number of nitrogens with zero attached hydrogens (tertiary/aromatic N) is 5. The molecule has 0 unspecified atom stereocenters. The van der Waals surface area contributed by atoms with Gasteiger partial charge >= 0.3 is 0 Å². The van der Waals surface area contributed by atoms with Gasteiger partial charge in [0.2, 0.25) is 17.8 Å². The van der Waals surface area contributed by atoms with Gasteiger partial charge < -0.3 is 20.5 Å². The van der Waals surface area contributed by atoms with Gasteiger partial charge in [-0.25, -0.2) is 15.0 Å². The number of carbonyl (C=O) groups excluding carboxylic acids is 1. The van der Waals surface area contributed by atoms with Crippen LogP contribution >= 0.6 is 0 Å². The third kappa shape index (κ3) is 4.77. The predicted molar refractivity (Wildman–Crippen MR) is 139 cm³/mol. The SMILES string of the molecule is Cc1cnc(Nc2cccnc2F)nc1-c1c[nH]c2c(NC(=O)[C@@H](C)N3CCN(C)CC3)cccc12. The Hall–Kier alpha value is -3.89. The van der Waals surface area contributed by atoms with Gasteiger partial charge in [-0.2, -0.15) is 4.39 Å². The summed E-state index contributed by atoms with van der Waals surface area (Å²) in [6.45, 7) is 7.52. The van der Waals surface area contributed by atoms with E-state index >= 15 is 0 Å². The quantitative estimate of drug-likeness (QED) is 0.355. The van der Waals surface area contributed by atoms with E-state index in [2.05, 4.69) is 47.4 Å². The number of aromatic amines is 1. The van der Waals surface area contributed by atoms with Crippen LogP contribution in [0.15, 0.2) is 48.9 Å². The molecule has 1 atom stereocenters. The van der Waals surface area contributed by atoms with Crippen LogP contribution in [0, 0.1) is 12.9 Å². The summed E-state index contributed by atoms with van der Waals surface area (Å²) >= 11 is 0. The third-order valence-corrected chi connectivity index (χ3v) is 6.67. The van der Waals surface area contributed by atoms with E-state index in [1.54, 1.807) is 18.3 Å². The minimum Gasteiger partial charge on any atom is -0.359 e. The molecule has 1 saturated heterocycles. The maximum atomic E-state index is 14.0. The molecule has 1 fully saturated rings. The molecule has 0 radical (unpaired) electrons. The second-order valence-electron chi connectivity index (χ2n) is 9.13. The summed E-state index contributed by atoms with van der Waals surface area (Å²) in [6.07, 6.45) is 4.95. The van der Waals surface area contributed by atoms with Gasteiger partial charge in [-0.1, -0.05) is 12.1 Å². The number of pyridine rings is 1. The summed E-state index contributed by atoms with van der Waals surface area (Å²) < 4.78 is 14.0. The Labute approximate surface area is 208 Å². The maximum Gasteiger partial charge on any atom is 0.241 e. The Bertz CT molecular complexity index is 1400. The Balaban J connectivity index is 1.41. The average molecular weight is 489 g/mol. The van der Waals surface area contributed by atoms with Crippen molar-refractivity contribution in [2.45, 2.75) is 19.9 Å². The number of anilines is 3. The zero-order chi connectivity index (χ0) is 25.2. The first kappa shape index (κ1) is 23.8. The number of para-hydroxylation sites is 1. The largest absolute Gasteiger partial charge is 0.359 e. The number of rotatable bonds is 6. The molecule has 1 aliphatic heterocycles. The number of piperazine rings is 1. The second kappa shape index (κ2) is 10.00. The van der Waals surface area contributed by atoms with E-state index in [0.29, 0.717) is 11.4 Å². The standard InChI is InChI=1S/C26H29FN8O/c1-16-14-30-26(32-21-8-5-9-28-24(21)27)33-22(16)19-15-29-23-18(19)6-4-7-20(23)31-25(36)17(2)35-12-10-34(3)11-13-35/h4-9,14-15,17,29H,10-13H2,1-3H3,(H,31,36)(H,30,32,33)/t17-/m1/s1. The molecule has 1 aromatic carbocycles. The van der Waals surface area contributed by atoms with Gasteiger partial charge in [0.15, 0.2) is 0 Å². The van der Waals surface area contributed by atoms with Gasteiger partial charge in [-0.3, -0.25) is 9.69 Å². The molecule has 0 saturated carbocycles. The number of H-pyrrole nitrogens is 1. The lowest BCUT2D eigenvalue weighted by atomic mass is 10.1. The first-order valence-corrected chi connectivity index (χ1v) is 12.0. The molecule has 3 N–H and O–H groups in total. The molecule has 1 aliphatic rings. The number of carbonyl (C=O) groups is 1. The maximum absolute atomic E-state index is 14.0. The molecule has 10 heteroatoms. The van der Waals surface area contributed by atoms with Crippen LogP contribution in [-0.2, 0) is 4.79 Å². The van der Waals surface area contributed by atoms with Gasteiger partial charge in [0.25, 0.3) is 0 Å². The van der Waals surface area contributed by atoms with Crippen LogP contribution in [0.1, 0.15) is 12.5 Å². The molecular weight excluding hydrogens is 459 g/mol. The molecule has 0 spiro atoms. The minimum absolute atomic E-state index is 0.0357. The van der Waals surface area contributed by atoms with Crippen LogP contribution in [0.2, 0.25) is 0 Å². The molecule has 0 aliphatic carbocycles. The van der Waals surface area contributed by atoms with Gasteiger partial charge in [0.05, 0.1) is 28.6 Å². The van der Waals surface area contributed by atoms with Crippen molar-refractivity contribution in [3.63, 3.8) is 0 Å². The fourth-order valence-corrected chi connectivity index (χ4v) is 4.44. The van der Waals surface area contributed by atoms with E-state index in [-0.39, 0.29) is 23.6 Å². The number of nitrogens with one attached hydrogen (secondary N) is 3.